The van der Waals surface area contributed by atoms with E-state index in [1.807, 2.05) is 36.4 Å². The quantitative estimate of drug-likeness (QED) is 0.152. The summed E-state index contributed by atoms with van der Waals surface area (Å²) in [7, 11) is 0. The fraction of sp³-hybridized carbons (Fsp3) is 0.357. The Hall–Kier alpha value is -4.55. The third-order valence-corrected chi connectivity index (χ3v) is 10.7. The number of likely N-dealkylation sites (tertiary alicyclic amines) is 1. The number of carbonyl (C=O) groups excluding carboxylic acids is 1. The molecule has 4 atom stereocenters. The van der Waals surface area contributed by atoms with Crippen molar-refractivity contribution in [2.75, 3.05) is 31.1 Å². The highest BCUT2D eigenvalue weighted by molar-refractivity contribution is 5.85. The number of nitrogens with zero attached hydrogens (tertiary/aromatic N) is 2. The molecule has 1 fully saturated rings. The van der Waals surface area contributed by atoms with Crippen molar-refractivity contribution in [3.05, 3.63) is 137 Å². The minimum absolute atomic E-state index is 0.150. The van der Waals surface area contributed by atoms with Crippen LogP contribution >= 0.6 is 0 Å². The zero-order chi connectivity index (χ0) is 33.0. The molecular weight excluding hydrogens is 592 g/mol. The van der Waals surface area contributed by atoms with Crippen molar-refractivity contribution in [2.45, 2.75) is 70.6 Å². The smallest absolute Gasteiger partial charge is 0.407 e. The van der Waals surface area contributed by atoms with Crippen LogP contribution in [0.4, 0.5) is 10.5 Å². The van der Waals surface area contributed by atoms with Gasteiger partial charge in [0.2, 0.25) is 0 Å². The molecule has 3 heterocycles. The number of benzene rings is 4. The van der Waals surface area contributed by atoms with Crippen molar-refractivity contribution in [3.8, 4) is 0 Å². The lowest BCUT2D eigenvalue weighted by Crippen LogP contribution is -2.48. The van der Waals surface area contributed by atoms with Gasteiger partial charge < -0.3 is 24.8 Å². The van der Waals surface area contributed by atoms with E-state index in [9.17, 15) is 4.79 Å². The number of para-hydroxylation sites is 1. The van der Waals surface area contributed by atoms with Gasteiger partial charge in [0.05, 0.1) is 0 Å². The average molecular weight is 641 g/mol. The number of alkyl carbamates (subject to hydrolysis) is 1. The van der Waals surface area contributed by atoms with Gasteiger partial charge in [-0.05, 0) is 79.2 Å². The predicted octanol–water partition coefficient (Wildman–Crippen LogP) is 8.42. The molecule has 0 spiro atoms. The summed E-state index contributed by atoms with van der Waals surface area (Å²) >= 11 is 0. The minimum Gasteiger partial charge on any atom is -0.445 e. The lowest BCUT2D eigenvalue weighted by molar-refractivity contribution is 0.135. The fourth-order valence-electron chi connectivity index (χ4n) is 8.18. The number of hydrogen-bond donors (Lipinski definition) is 2. The van der Waals surface area contributed by atoms with Crippen molar-refractivity contribution in [2.24, 2.45) is 0 Å². The van der Waals surface area contributed by atoms with Crippen LogP contribution in [0.2, 0.25) is 0 Å². The highest BCUT2D eigenvalue weighted by Gasteiger charge is 2.41. The van der Waals surface area contributed by atoms with Gasteiger partial charge in [0.15, 0.2) is 0 Å². The van der Waals surface area contributed by atoms with Gasteiger partial charge in [0.25, 0.3) is 0 Å². The maximum absolute atomic E-state index is 13.2. The highest BCUT2D eigenvalue weighted by Crippen LogP contribution is 2.46. The number of rotatable bonds is 11. The molecule has 1 aromatic heterocycles. The molecule has 0 saturated carbocycles. The molecule has 2 N–H and O–H groups in total. The standard InChI is InChI=1S/C42H48N4O2/c1-4-45-23-22-35-36-25-32(20-21-39(36)46(5-2)40(35)27-45)29(3)41-37(34-18-12-13-19-38(34)44-41)26-33(24-30-14-8-6-9-15-30)43-42(47)48-28-31-16-10-7-11-17-31/h6-21,25,29,33,35,40,44H,4-5,22-24,26-28H2,1-3H3,(H,43,47). The molecule has 4 aromatic carbocycles. The molecule has 2 aliphatic heterocycles. The maximum atomic E-state index is 13.2. The average Bonchev–Trinajstić information content (AvgIpc) is 3.65. The van der Waals surface area contributed by atoms with E-state index in [1.165, 1.54) is 52.0 Å². The van der Waals surface area contributed by atoms with Crippen molar-refractivity contribution < 1.29 is 9.53 Å². The number of anilines is 1. The second-order valence-electron chi connectivity index (χ2n) is 13.5. The van der Waals surface area contributed by atoms with Crippen LogP contribution in [0, 0.1) is 0 Å². The van der Waals surface area contributed by atoms with Gasteiger partial charge in [-0.25, -0.2) is 4.79 Å². The summed E-state index contributed by atoms with van der Waals surface area (Å²) in [5.74, 6) is 0.739. The molecule has 0 bridgehead atoms. The molecular formula is C42H48N4O2. The predicted molar refractivity (Wildman–Crippen MR) is 196 cm³/mol. The lowest BCUT2D eigenvalue weighted by Gasteiger charge is -2.38. The molecule has 1 saturated heterocycles. The Morgan fingerprint density at radius 3 is 2.38 bits per heavy atom. The first-order valence-electron chi connectivity index (χ1n) is 17.8. The third kappa shape index (κ3) is 6.59. The van der Waals surface area contributed by atoms with E-state index in [0.717, 1.165) is 30.7 Å². The first kappa shape index (κ1) is 32.0. The summed E-state index contributed by atoms with van der Waals surface area (Å²) in [4.78, 5) is 22.3. The monoisotopic (exact) mass is 640 g/mol. The molecule has 5 aromatic rings. The van der Waals surface area contributed by atoms with E-state index in [1.54, 1.807) is 0 Å². The van der Waals surface area contributed by atoms with Crippen LogP contribution in [-0.2, 0) is 24.2 Å². The number of H-pyrrole nitrogens is 1. The Labute approximate surface area is 285 Å². The molecule has 1 amide bonds. The van der Waals surface area contributed by atoms with Crippen molar-refractivity contribution in [1.82, 2.24) is 15.2 Å². The van der Waals surface area contributed by atoms with Gasteiger partial charge in [0.1, 0.15) is 6.61 Å². The van der Waals surface area contributed by atoms with Gasteiger partial charge >= 0.3 is 6.09 Å². The zero-order valence-electron chi connectivity index (χ0n) is 28.5. The second-order valence-corrected chi connectivity index (χ2v) is 13.5. The van der Waals surface area contributed by atoms with Crippen molar-refractivity contribution >= 4 is 22.7 Å². The number of amides is 1. The molecule has 0 aliphatic carbocycles. The van der Waals surface area contributed by atoms with Gasteiger partial charge in [-0.1, -0.05) is 105 Å². The maximum Gasteiger partial charge on any atom is 0.407 e. The Kier molecular flexibility index (Phi) is 9.53. The van der Waals surface area contributed by atoms with Crippen LogP contribution in [0.1, 0.15) is 72.5 Å². The lowest BCUT2D eigenvalue weighted by atomic mass is 9.85. The number of nitrogens with one attached hydrogen (secondary N) is 2. The summed E-state index contributed by atoms with van der Waals surface area (Å²) in [6, 6.07) is 36.5. The van der Waals surface area contributed by atoms with E-state index in [2.05, 4.69) is 108 Å². The summed E-state index contributed by atoms with van der Waals surface area (Å²) in [5.41, 5.74) is 10.0. The van der Waals surface area contributed by atoms with Gasteiger partial charge in [0, 0.05) is 59.3 Å². The van der Waals surface area contributed by atoms with Crippen LogP contribution in [0.3, 0.4) is 0 Å². The van der Waals surface area contributed by atoms with Crippen LogP contribution < -0.4 is 10.2 Å². The fourth-order valence-corrected chi connectivity index (χ4v) is 8.18. The summed E-state index contributed by atoms with van der Waals surface area (Å²) in [6.07, 6.45) is 2.21. The van der Waals surface area contributed by atoms with Gasteiger partial charge in [-0.2, -0.15) is 0 Å². The Bertz CT molecular complexity index is 1840. The number of aromatic amines is 1. The molecule has 4 unspecified atom stereocenters. The normalized spacial score (nSPS) is 18.7. The largest absolute Gasteiger partial charge is 0.445 e. The zero-order valence-corrected chi connectivity index (χ0v) is 28.5. The first-order chi connectivity index (χ1) is 23.5. The van der Waals surface area contributed by atoms with E-state index in [0.29, 0.717) is 24.8 Å². The van der Waals surface area contributed by atoms with Crippen molar-refractivity contribution in [3.63, 3.8) is 0 Å². The number of piperidine rings is 1. The molecule has 2 aliphatic rings. The van der Waals surface area contributed by atoms with E-state index >= 15 is 0 Å². The van der Waals surface area contributed by atoms with Crippen LogP contribution in [0.5, 0.6) is 0 Å². The minimum atomic E-state index is -0.392. The molecule has 48 heavy (non-hydrogen) atoms. The Balaban J connectivity index is 1.18. The third-order valence-electron chi connectivity index (χ3n) is 10.7. The number of fused-ring (bicyclic) bond motifs is 4. The van der Waals surface area contributed by atoms with E-state index in [-0.39, 0.29) is 18.6 Å². The van der Waals surface area contributed by atoms with E-state index < -0.39 is 6.09 Å². The highest BCUT2D eigenvalue weighted by atomic mass is 16.5. The van der Waals surface area contributed by atoms with Crippen LogP contribution in [0.25, 0.3) is 10.9 Å². The molecule has 0 radical (unpaired) electrons. The number of likely N-dealkylation sites (N-methyl/N-ethyl adjacent to an activating group) is 2. The summed E-state index contributed by atoms with van der Waals surface area (Å²) < 4.78 is 5.70. The Morgan fingerprint density at radius 2 is 1.62 bits per heavy atom. The van der Waals surface area contributed by atoms with E-state index in [4.69, 9.17) is 4.74 Å². The molecule has 7 rings (SSSR count). The topological polar surface area (TPSA) is 60.6 Å². The van der Waals surface area contributed by atoms with Crippen LogP contribution in [-0.4, -0.2) is 54.2 Å². The molecule has 6 heteroatoms. The first-order valence-corrected chi connectivity index (χ1v) is 17.8. The number of ether oxygens (including phenoxy) is 1. The number of aromatic nitrogens is 1. The van der Waals surface area contributed by atoms with Gasteiger partial charge in [-0.3, -0.25) is 0 Å². The summed E-state index contributed by atoms with van der Waals surface area (Å²) in [6.45, 7) is 11.6. The SMILES string of the molecule is CCN1CCC2c3cc(C(C)c4[nH]c5ccccc5c4CC(Cc4ccccc4)NC(=O)OCc4ccccc4)ccc3N(CC)C2C1. The summed E-state index contributed by atoms with van der Waals surface area (Å²) in [5, 5.41) is 4.46. The number of hydrogen-bond acceptors (Lipinski definition) is 4. The Morgan fingerprint density at radius 1 is 0.896 bits per heavy atom. The van der Waals surface area contributed by atoms with Crippen molar-refractivity contribution in [1.29, 1.82) is 0 Å². The van der Waals surface area contributed by atoms with Gasteiger partial charge in [-0.15, -0.1) is 0 Å². The van der Waals surface area contributed by atoms with Crippen LogP contribution in [0.15, 0.2) is 103 Å². The number of carbonyl (C=O) groups is 1. The molecule has 248 valence electrons. The molecule has 6 nitrogen and oxygen atoms in total. The second kappa shape index (κ2) is 14.3.